The Kier molecular flexibility index (Phi) is 7.70. The molecule has 194 valence electrons. The van der Waals surface area contributed by atoms with Crippen LogP contribution < -0.4 is 0 Å². The second-order valence-corrected chi connectivity index (χ2v) is 14.9. The zero-order chi connectivity index (χ0) is 25.3. The van der Waals surface area contributed by atoms with Gasteiger partial charge in [0, 0.05) is 30.0 Å². The van der Waals surface area contributed by atoms with Gasteiger partial charge in [0.1, 0.15) is 6.10 Å². The average Bonchev–Trinajstić information content (AvgIpc) is 3.31. The van der Waals surface area contributed by atoms with Crippen molar-refractivity contribution in [3.63, 3.8) is 0 Å². The van der Waals surface area contributed by atoms with E-state index in [9.17, 15) is 4.79 Å². The number of fused-ring (bicyclic) bond motifs is 1. The van der Waals surface area contributed by atoms with Crippen LogP contribution in [0.15, 0.2) is 55.1 Å². The van der Waals surface area contributed by atoms with Gasteiger partial charge in [-0.05, 0) is 59.8 Å². The van der Waals surface area contributed by atoms with Crippen LogP contribution in [0.3, 0.4) is 0 Å². The Hall–Kier alpha value is -1.59. The lowest BCUT2D eigenvalue weighted by molar-refractivity contribution is -0.0258. The van der Waals surface area contributed by atoms with E-state index in [0.717, 1.165) is 38.6 Å². The van der Waals surface area contributed by atoms with Gasteiger partial charge in [0.25, 0.3) is 0 Å². The molecule has 3 nitrogen and oxygen atoms in total. The molecule has 0 N–H and O–H groups in total. The Bertz CT molecular complexity index is 1090. The van der Waals surface area contributed by atoms with Crippen molar-refractivity contribution < 1.29 is 9.53 Å². The highest BCUT2D eigenvalue weighted by molar-refractivity contribution is 8.21. The fourth-order valence-corrected chi connectivity index (χ4v) is 10.1. The molecule has 0 aromatic heterocycles. The molecule has 5 rings (SSSR count). The number of benzene rings is 2. The highest BCUT2D eigenvalue weighted by Gasteiger charge is 2.46. The predicted molar refractivity (Wildman–Crippen MR) is 156 cm³/mol. The van der Waals surface area contributed by atoms with Gasteiger partial charge < -0.3 is 9.64 Å². The summed E-state index contributed by atoms with van der Waals surface area (Å²) in [5.74, 6) is 3.32. The normalized spacial score (nSPS) is 28.4. The summed E-state index contributed by atoms with van der Waals surface area (Å²) in [6.07, 6.45) is 7.97. The van der Waals surface area contributed by atoms with Crippen molar-refractivity contribution in [2.24, 2.45) is 11.8 Å². The molecule has 1 aliphatic carbocycles. The molecular formula is C31H41NO2S2. The molecule has 2 aromatic rings. The van der Waals surface area contributed by atoms with Gasteiger partial charge in [0.15, 0.2) is 0 Å². The quantitative estimate of drug-likeness (QED) is 0.369. The third-order valence-corrected chi connectivity index (χ3v) is 12.5. The van der Waals surface area contributed by atoms with Crippen molar-refractivity contribution in [2.45, 2.75) is 80.9 Å². The Morgan fingerprint density at radius 2 is 1.92 bits per heavy atom. The highest BCUT2D eigenvalue weighted by Crippen LogP contribution is 2.52. The van der Waals surface area contributed by atoms with E-state index in [-0.39, 0.29) is 27.7 Å². The van der Waals surface area contributed by atoms with Gasteiger partial charge in [-0.15, -0.1) is 30.1 Å². The number of thioether (sulfide) groups is 2. The smallest absolute Gasteiger partial charge is 0.410 e. The molecule has 1 amide bonds. The van der Waals surface area contributed by atoms with E-state index >= 15 is 0 Å². The summed E-state index contributed by atoms with van der Waals surface area (Å²) in [6.45, 7) is 11.8. The number of hydrogen-bond donors (Lipinski definition) is 0. The van der Waals surface area contributed by atoms with E-state index in [1.54, 1.807) is 0 Å². The fraction of sp³-hybridized carbons (Fsp3) is 0.581. The SMILES string of the molecule is C=CC[C@@H]1CC2(CCN1C(=O)O[C@@H]1C[C@H](C)CC[C@H]1C(C)(C)c1ccc3ccccc3c1)SCCS2. The lowest BCUT2D eigenvalue weighted by atomic mass is 9.64. The first kappa shape index (κ1) is 26.0. The molecule has 4 atom stereocenters. The van der Waals surface area contributed by atoms with Gasteiger partial charge in [-0.25, -0.2) is 4.79 Å². The molecule has 0 unspecified atom stereocenters. The highest BCUT2D eigenvalue weighted by atomic mass is 32.2. The Labute approximate surface area is 225 Å². The monoisotopic (exact) mass is 523 g/mol. The maximum atomic E-state index is 13.7. The predicted octanol–water partition coefficient (Wildman–Crippen LogP) is 8.28. The number of carbonyl (C=O) groups is 1. The van der Waals surface area contributed by atoms with Crippen LogP contribution in [0.5, 0.6) is 0 Å². The Morgan fingerprint density at radius 1 is 1.17 bits per heavy atom. The third-order valence-electron chi connectivity index (χ3n) is 8.93. The number of ether oxygens (including phenoxy) is 1. The molecule has 1 saturated carbocycles. The zero-order valence-corrected chi connectivity index (χ0v) is 23.7. The zero-order valence-electron chi connectivity index (χ0n) is 22.1. The summed E-state index contributed by atoms with van der Waals surface area (Å²) < 4.78 is 6.76. The Morgan fingerprint density at radius 3 is 2.67 bits per heavy atom. The largest absolute Gasteiger partial charge is 0.446 e. The van der Waals surface area contributed by atoms with Crippen molar-refractivity contribution in [1.29, 1.82) is 0 Å². The average molecular weight is 524 g/mol. The molecule has 1 spiro atoms. The minimum atomic E-state index is -0.108. The minimum Gasteiger partial charge on any atom is -0.446 e. The van der Waals surface area contributed by atoms with E-state index < -0.39 is 0 Å². The molecule has 5 heteroatoms. The first-order chi connectivity index (χ1) is 17.3. The molecule has 3 aliphatic rings. The number of nitrogens with zero attached hydrogens (tertiary/aromatic N) is 1. The van der Waals surface area contributed by atoms with Gasteiger partial charge in [-0.2, -0.15) is 0 Å². The molecule has 0 radical (unpaired) electrons. The van der Waals surface area contributed by atoms with Crippen LogP contribution in [0.25, 0.3) is 10.8 Å². The first-order valence-electron chi connectivity index (χ1n) is 13.7. The van der Waals surface area contributed by atoms with Gasteiger partial charge >= 0.3 is 6.09 Å². The Balaban J connectivity index is 1.35. The minimum absolute atomic E-state index is 0.0572. The van der Waals surface area contributed by atoms with Crippen LogP contribution in [-0.4, -0.2) is 45.3 Å². The van der Waals surface area contributed by atoms with Crippen LogP contribution >= 0.6 is 23.5 Å². The van der Waals surface area contributed by atoms with Gasteiger partial charge in [0.05, 0.1) is 4.08 Å². The topological polar surface area (TPSA) is 29.5 Å². The summed E-state index contributed by atoms with van der Waals surface area (Å²) in [5, 5.41) is 2.55. The van der Waals surface area contributed by atoms with E-state index in [0.29, 0.717) is 11.8 Å². The maximum Gasteiger partial charge on any atom is 0.410 e. The second-order valence-electron chi connectivity index (χ2n) is 11.7. The number of rotatable bonds is 5. The molecular weight excluding hydrogens is 482 g/mol. The van der Waals surface area contributed by atoms with Crippen LogP contribution in [0.1, 0.15) is 64.9 Å². The summed E-state index contributed by atoms with van der Waals surface area (Å²) in [6, 6.07) is 15.6. The summed E-state index contributed by atoms with van der Waals surface area (Å²) in [5.41, 5.74) is 1.25. The maximum absolute atomic E-state index is 13.7. The molecule has 2 aromatic carbocycles. The number of likely N-dealkylation sites (tertiary alicyclic amines) is 1. The number of piperidine rings is 1. The van der Waals surface area contributed by atoms with Gasteiger partial charge in [-0.1, -0.05) is 75.7 Å². The lowest BCUT2D eigenvalue weighted by Gasteiger charge is -2.46. The lowest BCUT2D eigenvalue weighted by Crippen LogP contribution is -2.52. The van der Waals surface area contributed by atoms with Crippen molar-refractivity contribution >= 4 is 40.4 Å². The van der Waals surface area contributed by atoms with Crippen LogP contribution in [0, 0.1) is 11.8 Å². The van der Waals surface area contributed by atoms with Crippen molar-refractivity contribution in [3.05, 3.63) is 60.7 Å². The summed E-state index contributed by atoms with van der Waals surface area (Å²) in [7, 11) is 0. The first-order valence-corrected chi connectivity index (χ1v) is 15.6. The van der Waals surface area contributed by atoms with Gasteiger partial charge in [-0.3, -0.25) is 0 Å². The number of amides is 1. The van der Waals surface area contributed by atoms with E-state index in [1.165, 1.54) is 34.3 Å². The molecule has 36 heavy (non-hydrogen) atoms. The number of hydrogen-bond acceptors (Lipinski definition) is 4. The summed E-state index contributed by atoms with van der Waals surface area (Å²) in [4.78, 5) is 15.7. The fourth-order valence-electron chi connectivity index (χ4n) is 6.73. The molecule has 3 fully saturated rings. The van der Waals surface area contributed by atoms with Crippen molar-refractivity contribution in [1.82, 2.24) is 4.90 Å². The number of carbonyl (C=O) groups excluding carboxylic acids is 1. The van der Waals surface area contributed by atoms with Crippen LogP contribution in [0.2, 0.25) is 0 Å². The van der Waals surface area contributed by atoms with E-state index in [2.05, 4.69) is 93.3 Å². The molecule has 2 aliphatic heterocycles. The van der Waals surface area contributed by atoms with Crippen LogP contribution in [-0.2, 0) is 10.2 Å². The van der Waals surface area contributed by atoms with Crippen molar-refractivity contribution in [3.8, 4) is 0 Å². The second kappa shape index (κ2) is 10.6. The van der Waals surface area contributed by atoms with Crippen molar-refractivity contribution in [2.75, 3.05) is 18.1 Å². The van der Waals surface area contributed by atoms with Crippen LogP contribution in [0.4, 0.5) is 4.79 Å². The van der Waals surface area contributed by atoms with Gasteiger partial charge in [0.2, 0.25) is 0 Å². The van der Waals surface area contributed by atoms with E-state index in [1.807, 2.05) is 11.0 Å². The molecule has 2 heterocycles. The molecule has 0 bridgehead atoms. The standard InChI is InChI=1S/C31H41NO2S2/c1-5-8-26-21-31(35-17-18-36-31)15-16-32(26)29(33)34-28-19-22(2)11-14-27(28)30(3,4)25-13-12-23-9-6-7-10-24(23)20-25/h5-7,9-10,12-13,20,22,26-28H,1,8,11,14-19,21H2,2-4H3/t22-,26-,27-,28-/m1/s1. The third kappa shape index (κ3) is 5.20. The molecule has 2 saturated heterocycles. The summed E-state index contributed by atoms with van der Waals surface area (Å²) >= 11 is 4.19. The van der Waals surface area contributed by atoms with E-state index in [4.69, 9.17) is 4.74 Å².